The van der Waals surface area contributed by atoms with E-state index in [1.807, 2.05) is 12.1 Å². The van der Waals surface area contributed by atoms with Gasteiger partial charge in [0, 0.05) is 10.1 Å². The van der Waals surface area contributed by atoms with E-state index in [2.05, 4.69) is 90.9 Å². The van der Waals surface area contributed by atoms with Crippen LogP contribution in [0.25, 0.3) is 11.8 Å². The lowest BCUT2D eigenvalue weighted by Crippen LogP contribution is -2.60. The largest absolute Gasteiger partial charge is 0.511 e. The highest BCUT2D eigenvalue weighted by molar-refractivity contribution is 6.75. The zero-order valence-corrected chi connectivity index (χ0v) is 18.0. The van der Waals surface area contributed by atoms with Crippen LogP contribution in [0.4, 0.5) is 0 Å². The topological polar surface area (TPSA) is 18.5 Å². The smallest absolute Gasteiger partial charge is 0.471 e. The second-order valence-electron chi connectivity index (χ2n) is 9.24. The van der Waals surface area contributed by atoms with Crippen LogP contribution in [0.3, 0.4) is 0 Å². The quantitative estimate of drug-likeness (QED) is 0.509. The second-order valence-corrected chi connectivity index (χ2v) is 13.9. The van der Waals surface area contributed by atoms with Crippen molar-refractivity contribution >= 4 is 20.4 Å². The fraction of sp³-hybridized carbons (Fsp3) is 0.391. The van der Waals surface area contributed by atoms with Crippen LogP contribution in [0.15, 0.2) is 48.5 Å². The summed E-state index contributed by atoms with van der Waals surface area (Å²) >= 11 is 0. The second kappa shape index (κ2) is 6.31. The Bertz CT molecular complexity index is 807. The number of para-hydroxylation sites is 1. The van der Waals surface area contributed by atoms with Gasteiger partial charge in [-0.2, -0.15) is 0 Å². The number of benzene rings is 2. The molecule has 0 unspecified atom stereocenters. The molecule has 0 aliphatic carbocycles. The first-order valence-electron chi connectivity index (χ1n) is 9.29. The Morgan fingerprint density at radius 3 is 1.92 bits per heavy atom. The molecule has 0 amide bonds. The fourth-order valence-electron chi connectivity index (χ4n) is 3.80. The lowest BCUT2D eigenvalue weighted by atomic mass is 10.1. The lowest BCUT2D eigenvalue weighted by Gasteiger charge is -2.51. The van der Waals surface area contributed by atoms with E-state index < -0.39 is 8.56 Å². The predicted molar refractivity (Wildman–Crippen MR) is 112 cm³/mol. The summed E-state index contributed by atoms with van der Waals surface area (Å²) in [5, 5.41) is -0.156. The summed E-state index contributed by atoms with van der Waals surface area (Å²) in [7, 11) is -2.63. The fourth-order valence-corrected chi connectivity index (χ4v) is 8.29. The SMILES string of the molecule is Cc1ccc(/C=C2\O[Si](C(C)(C)C)(C(C)(C)C)Oc3ccccc32)cc1. The highest BCUT2D eigenvalue weighted by Crippen LogP contribution is 2.56. The minimum Gasteiger partial charge on any atom is -0.511 e. The van der Waals surface area contributed by atoms with E-state index in [1.54, 1.807) is 0 Å². The maximum absolute atomic E-state index is 6.84. The van der Waals surface area contributed by atoms with Gasteiger partial charge in [-0.25, -0.2) is 0 Å². The van der Waals surface area contributed by atoms with Crippen LogP contribution in [-0.2, 0) is 4.43 Å². The van der Waals surface area contributed by atoms with Gasteiger partial charge in [-0.05, 0) is 30.7 Å². The van der Waals surface area contributed by atoms with Crippen LogP contribution in [0.5, 0.6) is 5.75 Å². The van der Waals surface area contributed by atoms with Crippen LogP contribution in [0, 0.1) is 6.92 Å². The first-order chi connectivity index (χ1) is 12.0. The summed E-state index contributed by atoms with van der Waals surface area (Å²) in [5.41, 5.74) is 3.44. The third-order valence-electron chi connectivity index (χ3n) is 5.01. The van der Waals surface area contributed by atoms with E-state index in [1.165, 1.54) is 5.56 Å². The molecule has 1 aliphatic rings. The van der Waals surface area contributed by atoms with Crippen molar-refractivity contribution in [2.45, 2.75) is 58.5 Å². The van der Waals surface area contributed by atoms with E-state index in [4.69, 9.17) is 8.85 Å². The van der Waals surface area contributed by atoms with Gasteiger partial charge in [-0.1, -0.05) is 83.5 Å². The first kappa shape index (κ1) is 18.8. The summed E-state index contributed by atoms with van der Waals surface area (Å²) in [6, 6.07) is 16.8. The molecule has 3 rings (SSSR count). The molecule has 26 heavy (non-hydrogen) atoms. The van der Waals surface area contributed by atoms with Gasteiger partial charge in [0.25, 0.3) is 0 Å². The van der Waals surface area contributed by atoms with Gasteiger partial charge in [0.05, 0.1) is 5.56 Å². The monoisotopic (exact) mass is 366 g/mol. The molecule has 2 aromatic carbocycles. The van der Waals surface area contributed by atoms with Crippen molar-refractivity contribution in [1.29, 1.82) is 0 Å². The van der Waals surface area contributed by atoms with Crippen molar-refractivity contribution in [3.8, 4) is 5.75 Å². The molecule has 1 aliphatic heterocycles. The average Bonchev–Trinajstić information content (AvgIpc) is 2.54. The van der Waals surface area contributed by atoms with E-state index in [0.29, 0.717) is 0 Å². The number of hydrogen-bond acceptors (Lipinski definition) is 2. The Hall–Kier alpha value is -2.00. The molecule has 0 saturated carbocycles. The normalized spacial score (nSPS) is 18.0. The van der Waals surface area contributed by atoms with E-state index in [9.17, 15) is 0 Å². The molecule has 138 valence electrons. The van der Waals surface area contributed by atoms with Crippen molar-refractivity contribution in [2.75, 3.05) is 0 Å². The van der Waals surface area contributed by atoms with E-state index in [0.717, 1.165) is 22.6 Å². The molecular formula is C23H30O2Si. The molecule has 1 heterocycles. The van der Waals surface area contributed by atoms with Crippen LogP contribution in [0.2, 0.25) is 10.1 Å². The van der Waals surface area contributed by atoms with Crippen molar-refractivity contribution in [3.05, 3.63) is 65.2 Å². The molecule has 0 radical (unpaired) electrons. The van der Waals surface area contributed by atoms with Gasteiger partial charge in [-0.15, -0.1) is 0 Å². The summed E-state index contributed by atoms with van der Waals surface area (Å²) < 4.78 is 13.6. The van der Waals surface area contributed by atoms with Crippen LogP contribution < -0.4 is 4.43 Å². The van der Waals surface area contributed by atoms with Crippen molar-refractivity contribution < 1.29 is 8.85 Å². The Labute approximate surface area is 159 Å². The first-order valence-corrected chi connectivity index (χ1v) is 11.1. The molecule has 2 aromatic rings. The minimum absolute atomic E-state index is 0.0782. The zero-order valence-electron chi connectivity index (χ0n) is 17.0. The standard InChI is InChI=1S/C23H30O2Si/c1-17-12-14-18(15-13-17)16-21-19-10-8-9-11-20(19)24-26(25-21,22(2,3)4)23(5,6)7/h8-16H,1-7H3/b21-16-. The molecule has 0 N–H and O–H groups in total. The van der Waals surface area contributed by atoms with Gasteiger partial charge in [0.15, 0.2) is 0 Å². The molecule has 2 nitrogen and oxygen atoms in total. The van der Waals surface area contributed by atoms with Gasteiger partial charge in [0.2, 0.25) is 0 Å². The Balaban J connectivity index is 2.19. The molecule has 0 aromatic heterocycles. The average molecular weight is 367 g/mol. The molecule has 0 bridgehead atoms. The number of fused-ring (bicyclic) bond motifs is 1. The Morgan fingerprint density at radius 2 is 1.35 bits per heavy atom. The van der Waals surface area contributed by atoms with Gasteiger partial charge in [0.1, 0.15) is 11.5 Å². The highest BCUT2D eigenvalue weighted by atomic mass is 28.4. The summed E-state index contributed by atoms with van der Waals surface area (Å²) in [4.78, 5) is 0. The Kier molecular flexibility index (Phi) is 4.56. The van der Waals surface area contributed by atoms with E-state index >= 15 is 0 Å². The molecule has 0 saturated heterocycles. The zero-order chi connectivity index (χ0) is 19.2. The van der Waals surface area contributed by atoms with Crippen LogP contribution in [-0.4, -0.2) is 8.56 Å². The minimum atomic E-state index is -2.63. The molecular weight excluding hydrogens is 336 g/mol. The van der Waals surface area contributed by atoms with Crippen molar-refractivity contribution in [2.24, 2.45) is 0 Å². The van der Waals surface area contributed by atoms with Gasteiger partial charge in [-0.3, -0.25) is 0 Å². The van der Waals surface area contributed by atoms with Crippen molar-refractivity contribution in [1.82, 2.24) is 0 Å². The van der Waals surface area contributed by atoms with Crippen molar-refractivity contribution in [3.63, 3.8) is 0 Å². The highest BCUT2D eigenvalue weighted by Gasteiger charge is 2.64. The van der Waals surface area contributed by atoms with E-state index in [-0.39, 0.29) is 10.1 Å². The summed E-state index contributed by atoms with van der Waals surface area (Å²) in [5.74, 6) is 1.86. The van der Waals surface area contributed by atoms with Crippen LogP contribution in [0.1, 0.15) is 58.2 Å². The number of hydrogen-bond donors (Lipinski definition) is 0. The third kappa shape index (κ3) is 3.21. The maximum Gasteiger partial charge on any atom is 0.471 e. The molecule has 0 spiro atoms. The van der Waals surface area contributed by atoms with Gasteiger partial charge >= 0.3 is 8.56 Å². The molecule has 0 fully saturated rings. The summed E-state index contributed by atoms with van der Waals surface area (Å²) in [6.45, 7) is 15.5. The summed E-state index contributed by atoms with van der Waals surface area (Å²) in [6.07, 6.45) is 2.15. The lowest BCUT2D eigenvalue weighted by molar-refractivity contribution is 0.262. The van der Waals surface area contributed by atoms with Crippen LogP contribution >= 0.6 is 0 Å². The predicted octanol–water partition coefficient (Wildman–Crippen LogP) is 6.94. The number of aryl methyl sites for hydroxylation is 1. The molecule has 3 heteroatoms. The Morgan fingerprint density at radius 1 is 0.769 bits per heavy atom. The maximum atomic E-state index is 6.84. The molecule has 0 atom stereocenters. The third-order valence-corrected chi connectivity index (χ3v) is 9.97. The number of rotatable bonds is 1. The van der Waals surface area contributed by atoms with Gasteiger partial charge < -0.3 is 8.85 Å².